The van der Waals surface area contributed by atoms with E-state index in [0.717, 1.165) is 4.90 Å². The number of aromatic nitrogens is 2. The highest BCUT2D eigenvalue weighted by Crippen LogP contribution is 2.36. The number of nitrogens with two attached hydrogens (primary N) is 2. The summed E-state index contributed by atoms with van der Waals surface area (Å²) in [7, 11) is 0. The molecule has 1 fully saturated rings. The van der Waals surface area contributed by atoms with Crippen LogP contribution in [0.5, 0.6) is 0 Å². The highest BCUT2D eigenvalue weighted by atomic mass is 79.9. The summed E-state index contributed by atoms with van der Waals surface area (Å²) in [4.78, 5) is 41.6. The van der Waals surface area contributed by atoms with Crippen molar-refractivity contribution in [2.75, 3.05) is 6.54 Å². The van der Waals surface area contributed by atoms with Crippen molar-refractivity contribution < 1.29 is 19.1 Å². The van der Waals surface area contributed by atoms with Crippen LogP contribution >= 0.6 is 15.9 Å². The minimum absolute atomic E-state index is 0.0497. The summed E-state index contributed by atoms with van der Waals surface area (Å²) in [6, 6.07) is -1.01. The van der Waals surface area contributed by atoms with E-state index >= 15 is 0 Å². The number of hydrogen-bond acceptors (Lipinski definition) is 5. The third kappa shape index (κ3) is 3.23. The second-order valence-electron chi connectivity index (χ2n) is 6.69. The van der Waals surface area contributed by atoms with Crippen molar-refractivity contribution in [2.45, 2.75) is 44.4 Å². The third-order valence-corrected chi connectivity index (χ3v) is 4.40. The molecule has 4 N–H and O–H groups in total. The molecule has 1 aromatic rings. The Morgan fingerprint density at radius 1 is 1.38 bits per heavy atom. The molecule has 0 saturated carbocycles. The number of carbonyl (C=O) groups excluding carboxylic acids is 3. The van der Waals surface area contributed by atoms with Crippen molar-refractivity contribution in [1.29, 1.82) is 0 Å². The minimum Gasteiger partial charge on any atom is -0.444 e. The normalized spacial score (nSPS) is 24.0. The minimum atomic E-state index is -1.34. The number of amides is 3. The molecule has 0 aromatic carbocycles. The highest BCUT2D eigenvalue weighted by molar-refractivity contribution is 9.10. The monoisotopic (exact) mass is 401 g/mol. The number of ether oxygens (including phenoxy) is 1. The van der Waals surface area contributed by atoms with Gasteiger partial charge in [0.1, 0.15) is 17.2 Å². The van der Waals surface area contributed by atoms with E-state index < -0.39 is 35.1 Å². The quantitative estimate of drug-likeness (QED) is 0.751. The molecule has 0 aliphatic carbocycles. The highest BCUT2D eigenvalue weighted by Gasteiger charge is 2.54. The zero-order valence-electron chi connectivity index (χ0n) is 13.7. The Labute approximate surface area is 147 Å². The van der Waals surface area contributed by atoms with Gasteiger partial charge in [0, 0.05) is 18.8 Å². The number of primary amides is 2. The van der Waals surface area contributed by atoms with Crippen molar-refractivity contribution in [3.8, 4) is 0 Å². The summed E-state index contributed by atoms with van der Waals surface area (Å²) >= 11 is 3.24. The summed E-state index contributed by atoms with van der Waals surface area (Å²) in [5.41, 5.74) is 8.93. The van der Waals surface area contributed by atoms with E-state index in [0.29, 0.717) is 4.73 Å². The first-order valence-electron chi connectivity index (χ1n) is 7.26. The second-order valence-corrected chi connectivity index (χ2v) is 7.40. The van der Waals surface area contributed by atoms with Crippen LogP contribution in [0.15, 0.2) is 17.1 Å². The molecule has 2 rings (SSSR count). The first kappa shape index (κ1) is 18.2. The molecular weight excluding hydrogens is 382 g/mol. The number of rotatable bonds is 3. The molecule has 0 bridgehead atoms. The Balaban J connectivity index is 2.44. The van der Waals surface area contributed by atoms with E-state index in [-0.39, 0.29) is 13.0 Å². The number of nitrogens with zero attached hydrogens (tertiary/aromatic N) is 3. The molecule has 2 heterocycles. The lowest BCUT2D eigenvalue weighted by molar-refractivity contribution is -0.126. The van der Waals surface area contributed by atoms with Gasteiger partial charge < -0.3 is 20.8 Å². The predicted molar refractivity (Wildman–Crippen MR) is 87.6 cm³/mol. The molecule has 10 heteroatoms. The molecule has 3 amide bonds. The lowest BCUT2D eigenvalue weighted by atomic mass is 9.94. The average Bonchev–Trinajstić information content (AvgIpc) is 3.01. The Bertz CT molecular complexity index is 683. The van der Waals surface area contributed by atoms with Crippen LogP contribution in [0.3, 0.4) is 0 Å². The largest absolute Gasteiger partial charge is 0.444 e. The molecule has 9 nitrogen and oxygen atoms in total. The van der Waals surface area contributed by atoms with Gasteiger partial charge in [-0.3, -0.25) is 14.5 Å². The predicted octanol–water partition coefficient (Wildman–Crippen LogP) is 0.321. The zero-order valence-corrected chi connectivity index (χ0v) is 15.2. The SMILES string of the molecule is CC(C)(C)OC(=O)N1C[C@](C(N)=O)(n2ccnc2Br)C[C@H]1C(N)=O. The molecular formula is C14H20BrN5O4. The lowest BCUT2D eigenvalue weighted by Gasteiger charge is -2.29. The van der Waals surface area contributed by atoms with Gasteiger partial charge in [-0.1, -0.05) is 0 Å². The number of likely N-dealkylation sites (tertiary alicyclic amines) is 1. The Kier molecular flexibility index (Phi) is 4.62. The molecule has 1 aromatic heterocycles. The lowest BCUT2D eigenvalue weighted by Crippen LogP contribution is -2.49. The van der Waals surface area contributed by atoms with Crippen molar-refractivity contribution >= 4 is 33.8 Å². The summed E-state index contributed by atoms with van der Waals surface area (Å²) in [5, 5.41) is 0. The Hall–Kier alpha value is -2.10. The fraction of sp³-hybridized carbons (Fsp3) is 0.571. The average molecular weight is 402 g/mol. The summed E-state index contributed by atoms with van der Waals surface area (Å²) in [6.07, 6.45) is 2.24. The van der Waals surface area contributed by atoms with Crippen molar-refractivity contribution in [2.24, 2.45) is 11.5 Å². The zero-order chi connectivity index (χ0) is 18.3. The van der Waals surface area contributed by atoms with Crippen LogP contribution < -0.4 is 11.5 Å². The third-order valence-electron chi connectivity index (χ3n) is 3.81. The molecule has 1 saturated heterocycles. The molecule has 24 heavy (non-hydrogen) atoms. The van der Waals surface area contributed by atoms with Gasteiger partial charge in [0.2, 0.25) is 11.8 Å². The van der Waals surface area contributed by atoms with Gasteiger partial charge in [-0.25, -0.2) is 9.78 Å². The van der Waals surface area contributed by atoms with E-state index in [1.165, 1.54) is 10.8 Å². The molecule has 0 radical (unpaired) electrons. The molecule has 1 aliphatic heterocycles. The van der Waals surface area contributed by atoms with Crippen molar-refractivity contribution in [3.63, 3.8) is 0 Å². The van der Waals surface area contributed by atoms with E-state index in [4.69, 9.17) is 16.2 Å². The van der Waals surface area contributed by atoms with Gasteiger partial charge in [-0.15, -0.1) is 0 Å². The van der Waals surface area contributed by atoms with E-state index in [1.807, 2.05) is 0 Å². The first-order valence-corrected chi connectivity index (χ1v) is 8.05. The van der Waals surface area contributed by atoms with Crippen LogP contribution in [-0.4, -0.2) is 50.5 Å². The second kappa shape index (κ2) is 6.08. The van der Waals surface area contributed by atoms with Crippen LogP contribution in [0.2, 0.25) is 0 Å². The van der Waals surface area contributed by atoms with Gasteiger partial charge in [-0.2, -0.15) is 0 Å². The summed E-state index contributed by atoms with van der Waals surface area (Å²) < 4.78 is 7.17. The van der Waals surface area contributed by atoms with E-state index in [2.05, 4.69) is 20.9 Å². The van der Waals surface area contributed by atoms with Crippen molar-refractivity contribution in [3.05, 3.63) is 17.1 Å². The van der Waals surface area contributed by atoms with Crippen LogP contribution in [0.4, 0.5) is 4.79 Å². The summed E-state index contributed by atoms with van der Waals surface area (Å²) in [6.45, 7) is 4.97. The number of imidazole rings is 1. The van der Waals surface area contributed by atoms with Gasteiger partial charge >= 0.3 is 6.09 Å². The molecule has 1 aliphatic rings. The van der Waals surface area contributed by atoms with Gasteiger partial charge in [0.15, 0.2) is 4.73 Å². The fourth-order valence-electron chi connectivity index (χ4n) is 2.73. The Morgan fingerprint density at radius 3 is 2.42 bits per heavy atom. The maximum Gasteiger partial charge on any atom is 0.411 e. The van der Waals surface area contributed by atoms with Gasteiger partial charge in [0.25, 0.3) is 0 Å². The van der Waals surface area contributed by atoms with E-state index in [1.54, 1.807) is 27.0 Å². The Morgan fingerprint density at radius 2 is 2.00 bits per heavy atom. The number of carbonyl (C=O) groups is 3. The van der Waals surface area contributed by atoms with Crippen LogP contribution in [0.1, 0.15) is 27.2 Å². The first-order chi connectivity index (χ1) is 11.0. The van der Waals surface area contributed by atoms with Crippen LogP contribution in [0, 0.1) is 0 Å². The van der Waals surface area contributed by atoms with Gasteiger partial charge in [0.05, 0.1) is 6.54 Å². The standard InChI is InChI=1S/C14H20BrN5O4/c1-13(2,3)24-12(23)19-7-14(10(17)22,6-8(19)9(16)21)20-5-4-18-11(20)15/h4-5,8H,6-7H2,1-3H3,(H2,16,21)(H2,17,22)/t8-,14+/m0/s1. The maximum absolute atomic E-state index is 12.4. The van der Waals surface area contributed by atoms with Crippen LogP contribution in [0.25, 0.3) is 0 Å². The number of halogens is 1. The smallest absolute Gasteiger partial charge is 0.411 e. The van der Waals surface area contributed by atoms with E-state index in [9.17, 15) is 14.4 Å². The molecule has 132 valence electrons. The van der Waals surface area contributed by atoms with Crippen molar-refractivity contribution in [1.82, 2.24) is 14.5 Å². The van der Waals surface area contributed by atoms with Gasteiger partial charge in [-0.05, 0) is 36.7 Å². The topological polar surface area (TPSA) is 134 Å². The summed E-state index contributed by atoms with van der Waals surface area (Å²) in [5.74, 6) is -1.43. The maximum atomic E-state index is 12.4. The fourth-order valence-corrected chi connectivity index (χ4v) is 3.31. The number of hydrogen-bond donors (Lipinski definition) is 2. The molecule has 0 unspecified atom stereocenters. The molecule has 2 atom stereocenters. The van der Waals surface area contributed by atoms with Crippen LogP contribution in [-0.2, 0) is 19.9 Å². The molecule has 0 spiro atoms.